The Morgan fingerprint density at radius 2 is 1.48 bits per heavy atom. The number of anilines is 2. The van der Waals surface area contributed by atoms with Crippen LogP contribution in [0.1, 0.15) is 63.7 Å². The molecule has 0 radical (unpaired) electrons. The Hall–Kier alpha value is -4.24. The molecular formula is C35H46N4O5. The SMILES string of the molecule is CCC(CC)NC(=O)Nc1ccc(Oc2ccc(NC(=O)c3ccc(OC(C(C)C)C4CCNCC4)cc3)cc2)c(OC)c1. The fraction of sp³-hybridized carbons (Fsp3) is 0.429. The molecule has 9 nitrogen and oxygen atoms in total. The summed E-state index contributed by atoms with van der Waals surface area (Å²) in [6.45, 7) is 10.5. The Kier molecular flexibility index (Phi) is 11.9. The van der Waals surface area contributed by atoms with E-state index in [4.69, 9.17) is 14.2 Å². The molecule has 1 aliphatic heterocycles. The molecule has 44 heavy (non-hydrogen) atoms. The Morgan fingerprint density at radius 3 is 2.09 bits per heavy atom. The molecule has 0 aromatic heterocycles. The molecule has 1 aliphatic rings. The number of ether oxygens (including phenoxy) is 3. The highest BCUT2D eigenvalue weighted by Gasteiger charge is 2.28. The number of amides is 3. The highest BCUT2D eigenvalue weighted by Crippen LogP contribution is 2.34. The zero-order valence-electron chi connectivity index (χ0n) is 26.4. The summed E-state index contributed by atoms with van der Waals surface area (Å²) in [6, 6.07) is 19.5. The molecule has 1 saturated heterocycles. The van der Waals surface area contributed by atoms with Crippen molar-refractivity contribution < 1.29 is 23.8 Å². The van der Waals surface area contributed by atoms with Crippen LogP contribution in [-0.2, 0) is 0 Å². The summed E-state index contributed by atoms with van der Waals surface area (Å²) in [5.74, 6) is 3.06. The van der Waals surface area contributed by atoms with Crippen molar-refractivity contribution in [1.82, 2.24) is 10.6 Å². The molecule has 0 spiro atoms. The number of methoxy groups -OCH3 is 1. The maximum atomic E-state index is 12.9. The van der Waals surface area contributed by atoms with Crippen molar-refractivity contribution in [3.63, 3.8) is 0 Å². The molecule has 9 heteroatoms. The molecule has 0 aliphatic carbocycles. The van der Waals surface area contributed by atoms with Gasteiger partial charge >= 0.3 is 6.03 Å². The van der Waals surface area contributed by atoms with E-state index < -0.39 is 0 Å². The van der Waals surface area contributed by atoms with Gasteiger partial charge in [-0.25, -0.2) is 4.79 Å². The summed E-state index contributed by atoms with van der Waals surface area (Å²) in [7, 11) is 1.55. The molecule has 3 aromatic carbocycles. The van der Waals surface area contributed by atoms with Crippen LogP contribution in [0.3, 0.4) is 0 Å². The number of urea groups is 1. The number of piperidine rings is 1. The number of carbonyl (C=O) groups excluding carboxylic acids is 2. The number of carbonyl (C=O) groups is 2. The minimum atomic E-state index is -0.260. The first-order valence-electron chi connectivity index (χ1n) is 15.6. The van der Waals surface area contributed by atoms with Crippen LogP contribution in [-0.4, -0.2) is 44.3 Å². The fourth-order valence-electron chi connectivity index (χ4n) is 5.40. The van der Waals surface area contributed by atoms with Gasteiger partial charge < -0.3 is 35.5 Å². The molecule has 0 saturated carbocycles. The summed E-state index contributed by atoms with van der Waals surface area (Å²) in [5, 5.41) is 12.1. The van der Waals surface area contributed by atoms with Gasteiger partial charge in [-0.15, -0.1) is 0 Å². The second-order valence-corrected chi connectivity index (χ2v) is 11.5. The van der Waals surface area contributed by atoms with E-state index in [0.29, 0.717) is 46.0 Å². The van der Waals surface area contributed by atoms with Gasteiger partial charge in [0.05, 0.1) is 7.11 Å². The summed E-state index contributed by atoms with van der Waals surface area (Å²) in [4.78, 5) is 25.2. The highest BCUT2D eigenvalue weighted by molar-refractivity contribution is 6.04. The zero-order valence-corrected chi connectivity index (χ0v) is 26.4. The van der Waals surface area contributed by atoms with Crippen LogP contribution < -0.4 is 35.5 Å². The number of rotatable bonds is 13. The molecule has 4 N–H and O–H groups in total. The number of nitrogens with one attached hydrogen (secondary N) is 4. The van der Waals surface area contributed by atoms with Gasteiger partial charge in [0, 0.05) is 29.0 Å². The zero-order chi connectivity index (χ0) is 31.5. The first-order valence-corrected chi connectivity index (χ1v) is 15.6. The number of hydrogen-bond acceptors (Lipinski definition) is 6. The first kappa shape index (κ1) is 32.7. The third kappa shape index (κ3) is 9.13. The lowest BCUT2D eigenvalue weighted by molar-refractivity contribution is 0.0720. The van der Waals surface area contributed by atoms with Crippen LogP contribution in [0.2, 0.25) is 0 Å². The van der Waals surface area contributed by atoms with E-state index >= 15 is 0 Å². The predicted molar refractivity (Wildman–Crippen MR) is 175 cm³/mol. The van der Waals surface area contributed by atoms with E-state index in [9.17, 15) is 9.59 Å². The maximum Gasteiger partial charge on any atom is 0.319 e. The predicted octanol–water partition coefficient (Wildman–Crippen LogP) is 7.45. The van der Waals surface area contributed by atoms with E-state index in [1.54, 1.807) is 61.7 Å². The smallest absolute Gasteiger partial charge is 0.319 e. The van der Waals surface area contributed by atoms with E-state index in [2.05, 4.69) is 35.1 Å². The lowest BCUT2D eigenvalue weighted by atomic mass is 9.86. The Morgan fingerprint density at radius 1 is 0.841 bits per heavy atom. The summed E-state index contributed by atoms with van der Waals surface area (Å²) in [5.41, 5.74) is 1.79. The molecular weight excluding hydrogens is 556 g/mol. The van der Waals surface area contributed by atoms with Crippen molar-refractivity contribution in [3.8, 4) is 23.0 Å². The number of benzene rings is 3. The largest absolute Gasteiger partial charge is 0.493 e. The fourth-order valence-corrected chi connectivity index (χ4v) is 5.40. The van der Waals surface area contributed by atoms with Gasteiger partial charge in [0.1, 0.15) is 17.6 Å². The van der Waals surface area contributed by atoms with Crippen molar-refractivity contribution in [2.24, 2.45) is 11.8 Å². The second-order valence-electron chi connectivity index (χ2n) is 11.5. The lowest BCUT2D eigenvalue weighted by Crippen LogP contribution is -2.39. The second kappa shape index (κ2) is 16.0. The van der Waals surface area contributed by atoms with Crippen LogP contribution in [0, 0.1) is 11.8 Å². The molecule has 0 bridgehead atoms. The van der Waals surface area contributed by atoms with Crippen LogP contribution in [0.5, 0.6) is 23.0 Å². The van der Waals surface area contributed by atoms with E-state index in [-0.39, 0.29) is 24.1 Å². The normalized spacial score (nSPS) is 14.2. The van der Waals surface area contributed by atoms with Crippen molar-refractivity contribution in [2.45, 2.75) is 65.5 Å². The standard InChI is InChI=1S/C35H46N4O5/c1-6-26(7-2)38-35(41)39-28-12-17-31(32(22-28)42-5)43-29-15-10-27(11-16-29)37-34(40)25-8-13-30(14-9-25)44-33(23(3)4)24-18-20-36-21-19-24/h8-17,22-24,26,33,36H,6-7,18-21H2,1-5H3,(H,37,40)(H2,38,39,41). The summed E-state index contributed by atoms with van der Waals surface area (Å²) in [6.07, 6.45) is 4.11. The molecule has 3 amide bonds. The van der Waals surface area contributed by atoms with Crippen molar-refractivity contribution in [1.29, 1.82) is 0 Å². The average Bonchev–Trinajstić information content (AvgIpc) is 3.04. The highest BCUT2D eigenvalue weighted by atomic mass is 16.5. The van der Waals surface area contributed by atoms with Gasteiger partial charge in [-0.1, -0.05) is 27.7 Å². The Labute approximate surface area is 261 Å². The van der Waals surface area contributed by atoms with Gasteiger partial charge in [0.25, 0.3) is 5.91 Å². The van der Waals surface area contributed by atoms with Gasteiger partial charge in [-0.2, -0.15) is 0 Å². The Balaban J connectivity index is 1.32. The molecule has 236 valence electrons. The van der Waals surface area contributed by atoms with E-state index in [1.807, 2.05) is 26.0 Å². The quantitative estimate of drug-likeness (QED) is 0.162. The topological polar surface area (TPSA) is 110 Å². The van der Waals surface area contributed by atoms with Crippen LogP contribution in [0.15, 0.2) is 66.7 Å². The van der Waals surface area contributed by atoms with Gasteiger partial charge in [0.15, 0.2) is 11.5 Å². The summed E-state index contributed by atoms with van der Waals surface area (Å²) < 4.78 is 17.9. The van der Waals surface area contributed by atoms with E-state index in [0.717, 1.165) is 44.5 Å². The minimum absolute atomic E-state index is 0.124. The summed E-state index contributed by atoms with van der Waals surface area (Å²) >= 11 is 0. The third-order valence-corrected chi connectivity index (χ3v) is 7.98. The molecule has 1 heterocycles. The molecule has 1 atom stereocenters. The Bertz CT molecular complexity index is 1350. The van der Waals surface area contributed by atoms with Gasteiger partial charge in [0.2, 0.25) is 0 Å². The van der Waals surface area contributed by atoms with Gasteiger partial charge in [-0.05, 0) is 111 Å². The molecule has 1 fully saturated rings. The van der Waals surface area contributed by atoms with Crippen molar-refractivity contribution in [3.05, 3.63) is 72.3 Å². The monoisotopic (exact) mass is 602 g/mol. The minimum Gasteiger partial charge on any atom is -0.493 e. The average molecular weight is 603 g/mol. The van der Waals surface area contributed by atoms with Crippen LogP contribution in [0.4, 0.5) is 16.2 Å². The molecule has 4 rings (SSSR count). The number of hydrogen-bond donors (Lipinski definition) is 4. The maximum absolute atomic E-state index is 12.9. The van der Waals surface area contributed by atoms with Crippen molar-refractivity contribution >= 4 is 23.3 Å². The van der Waals surface area contributed by atoms with Gasteiger partial charge in [-0.3, -0.25) is 4.79 Å². The molecule has 3 aromatic rings. The van der Waals surface area contributed by atoms with Crippen LogP contribution in [0.25, 0.3) is 0 Å². The third-order valence-electron chi connectivity index (χ3n) is 7.98. The van der Waals surface area contributed by atoms with E-state index in [1.165, 1.54) is 0 Å². The lowest BCUT2D eigenvalue weighted by Gasteiger charge is -2.33. The first-order chi connectivity index (χ1) is 21.3. The van der Waals surface area contributed by atoms with Crippen molar-refractivity contribution in [2.75, 3.05) is 30.8 Å². The molecule has 1 unspecified atom stereocenters. The van der Waals surface area contributed by atoms with Crippen LogP contribution >= 0.6 is 0 Å².